The van der Waals surface area contributed by atoms with Crippen LogP contribution in [-0.2, 0) is 4.79 Å². The predicted molar refractivity (Wildman–Crippen MR) is 83.2 cm³/mol. The van der Waals surface area contributed by atoms with Gasteiger partial charge in [0.2, 0.25) is 0 Å². The lowest BCUT2D eigenvalue weighted by molar-refractivity contribution is -0.134. The minimum atomic E-state index is -0.0869. The predicted octanol–water partition coefficient (Wildman–Crippen LogP) is 2.86. The van der Waals surface area contributed by atoms with Crippen molar-refractivity contribution < 1.29 is 14.3 Å². The Morgan fingerprint density at radius 2 is 2.14 bits per heavy atom. The van der Waals surface area contributed by atoms with Gasteiger partial charge in [0.1, 0.15) is 0 Å². The minimum absolute atomic E-state index is 0.0608. The Kier molecular flexibility index (Phi) is 5.51. The normalized spacial score (nSPS) is 15.3. The second kappa shape index (κ2) is 7.37. The highest BCUT2D eigenvalue weighted by atomic mass is 35.5. The molecule has 0 bridgehead atoms. The van der Waals surface area contributed by atoms with Gasteiger partial charge in [-0.2, -0.15) is 5.26 Å². The van der Waals surface area contributed by atoms with E-state index >= 15 is 0 Å². The summed E-state index contributed by atoms with van der Waals surface area (Å²) < 4.78 is 10.7. The summed E-state index contributed by atoms with van der Waals surface area (Å²) in [4.78, 5) is 14.0. The SMILES string of the molecule is COc1cc(C#N)cc(Cl)c1OCC(=O)N1CCC(C)CC1. The summed E-state index contributed by atoms with van der Waals surface area (Å²) in [7, 11) is 1.47. The van der Waals surface area contributed by atoms with Crippen molar-refractivity contribution >= 4 is 17.5 Å². The molecule has 0 aliphatic carbocycles. The van der Waals surface area contributed by atoms with E-state index in [0.717, 1.165) is 25.9 Å². The van der Waals surface area contributed by atoms with Crippen molar-refractivity contribution in [1.82, 2.24) is 4.90 Å². The highest BCUT2D eigenvalue weighted by Gasteiger charge is 2.21. The Bertz CT molecular complexity index is 590. The van der Waals surface area contributed by atoms with Crippen molar-refractivity contribution in [2.75, 3.05) is 26.8 Å². The zero-order valence-corrected chi connectivity index (χ0v) is 13.5. The first-order valence-corrected chi connectivity index (χ1v) is 7.61. The van der Waals surface area contributed by atoms with Gasteiger partial charge in [0, 0.05) is 19.2 Å². The molecule has 0 aromatic heterocycles. The van der Waals surface area contributed by atoms with Gasteiger partial charge in [0.25, 0.3) is 5.91 Å². The fraction of sp³-hybridized carbons (Fsp3) is 0.500. The number of amides is 1. The third-order valence-electron chi connectivity index (χ3n) is 3.83. The van der Waals surface area contributed by atoms with Crippen LogP contribution in [0, 0.1) is 17.2 Å². The van der Waals surface area contributed by atoms with Crippen LogP contribution >= 0.6 is 11.6 Å². The maximum atomic E-state index is 12.2. The van der Waals surface area contributed by atoms with Crippen LogP contribution in [0.15, 0.2) is 12.1 Å². The van der Waals surface area contributed by atoms with Crippen molar-refractivity contribution in [1.29, 1.82) is 5.26 Å². The molecule has 1 aromatic carbocycles. The van der Waals surface area contributed by atoms with E-state index < -0.39 is 0 Å². The lowest BCUT2D eigenvalue weighted by Crippen LogP contribution is -2.40. The van der Waals surface area contributed by atoms with Crippen LogP contribution in [0.1, 0.15) is 25.3 Å². The fourth-order valence-corrected chi connectivity index (χ4v) is 2.67. The van der Waals surface area contributed by atoms with Gasteiger partial charge in [-0.25, -0.2) is 0 Å². The zero-order chi connectivity index (χ0) is 16.1. The van der Waals surface area contributed by atoms with Crippen molar-refractivity contribution in [2.24, 2.45) is 5.92 Å². The number of hydrogen-bond donors (Lipinski definition) is 0. The van der Waals surface area contributed by atoms with Crippen LogP contribution in [-0.4, -0.2) is 37.6 Å². The van der Waals surface area contributed by atoms with Gasteiger partial charge in [0.05, 0.1) is 23.8 Å². The van der Waals surface area contributed by atoms with E-state index in [1.165, 1.54) is 19.2 Å². The number of carbonyl (C=O) groups is 1. The van der Waals surface area contributed by atoms with E-state index in [0.29, 0.717) is 23.0 Å². The second-order valence-corrected chi connectivity index (χ2v) is 5.86. The Labute approximate surface area is 135 Å². The molecule has 5 nitrogen and oxygen atoms in total. The van der Waals surface area contributed by atoms with Crippen LogP contribution in [0.25, 0.3) is 0 Å². The molecule has 2 rings (SSSR count). The lowest BCUT2D eigenvalue weighted by Gasteiger charge is -2.30. The monoisotopic (exact) mass is 322 g/mol. The number of methoxy groups -OCH3 is 1. The van der Waals surface area contributed by atoms with E-state index in [2.05, 4.69) is 6.92 Å². The first-order chi connectivity index (χ1) is 10.5. The highest BCUT2D eigenvalue weighted by molar-refractivity contribution is 6.32. The molecule has 1 aliphatic heterocycles. The number of likely N-dealkylation sites (tertiary alicyclic amines) is 1. The van der Waals surface area contributed by atoms with Crippen LogP contribution in [0.3, 0.4) is 0 Å². The van der Waals surface area contributed by atoms with Crippen molar-refractivity contribution in [2.45, 2.75) is 19.8 Å². The van der Waals surface area contributed by atoms with Crippen molar-refractivity contribution in [3.63, 3.8) is 0 Å². The van der Waals surface area contributed by atoms with Crippen LogP contribution in [0.4, 0.5) is 0 Å². The van der Waals surface area contributed by atoms with E-state index in [1.54, 1.807) is 0 Å². The van der Waals surface area contributed by atoms with Gasteiger partial charge in [-0.15, -0.1) is 0 Å². The number of rotatable bonds is 4. The maximum absolute atomic E-state index is 12.2. The molecular weight excluding hydrogens is 304 g/mol. The first-order valence-electron chi connectivity index (χ1n) is 7.23. The summed E-state index contributed by atoms with van der Waals surface area (Å²) in [6.07, 6.45) is 2.04. The van der Waals surface area contributed by atoms with Gasteiger partial charge in [-0.1, -0.05) is 18.5 Å². The molecule has 1 aromatic rings. The Hall–Kier alpha value is -1.93. The van der Waals surface area contributed by atoms with Crippen LogP contribution < -0.4 is 9.47 Å². The third kappa shape index (κ3) is 3.83. The molecule has 1 heterocycles. The molecule has 1 saturated heterocycles. The number of piperidine rings is 1. The number of ether oxygens (including phenoxy) is 2. The molecule has 1 aliphatic rings. The molecule has 118 valence electrons. The molecule has 0 spiro atoms. The average Bonchev–Trinajstić information content (AvgIpc) is 2.53. The standard InChI is InChI=1S/C16H19ClN2O3/c1-11-3-5-19(6-4-11)15(20)10-22-16-13(17)7-12(9-18)8-14(16)21-2/h7-8,11H,3-6,10H2,1-2H3. The van der Waals surface area contributed by atoms with Crippen LogP contribution in [0.5, 0.6) is 11.5 Å². The van der Waals surface area contributed by atoms with Crippen molar-refractivity contribution in [3.8, 4) is 17.6 Å². The molecular formula is C16H19ClN2O3. The number of halogens is 1. The Balaban J connectivity index is 2.02. The summed E-state index contributed by atoms with van der Waals surface area (Å²) in [5.41, 5.74) is 0.380. The van der Waals surface area contributed by atoms with Gasteiger partial charge in [-0.05, 0) is 24.8 Å². The average molecular weight is 323 g/mol. The van der Waals surface area contributed by atoms with E-state index in [-0.39, 0.29) is 17.5 Å². The smallest absolute Gasteiger partial charge is 0.260 e. The van der Waals surface area contributed by atoms with Gasteiger partial charge < -0.3 is 14.4 Å². The second-order valence-electron chi connectivity index (χ2n) is 5.45. The molecule has 0 unspecified atom stereocenters. The quantitative estimate of drug-likeness (QED) is 0.855. The number of hydrogen-bond acceptors (Lipinski definition) is 4. The summed E-state index contributed by atoms with van der Waals surface area (Å²) in [5, 5.41) is 9.18. The van der Waals surface area contributed by atoms with Crippen molar-refractivity contribution in [3.05, 3.63) is 22.7 Å². The Morgan fingerprint density at radius 3 is 2.73 bits per heavy atom. The highest BCUT2D eigenvalue weighted by Crippen LogP contribution is 2.36. The molecule has 22 heavy (non-hydrogen) atoms. The van der Waals surface area contributed by atoms with E-state index in [4.69, 9.17) is 26.3 Å². The maximum Gasteiger partial charge on any atom is 0.260 e. The minimum Gasteiger partial charge on any atom is -0.493 e. The molecule has 1 fully saturated rings. The Morgan fingerprint density at radius 1 is 1.45 bits per heavy atom. The number of benzene rings is 1. The number of carbonyl (C=O) groups excluding carboxylic acids is 1. The molecule has 1 amide bonds. The zero-order valence-electron chi connectivity index (χ0n) is 12.8. The molecule has 0 atom stereocenters. The summed E-state index contributed by atoms with van der Waals surface area (Å²) in [5.74, 6) is 1.25. The topological polar surface area (TPSA) is 62.6 Å². The summed E-state index contributed by atoms with van der Waals surface area (Å²) in [6, 6.07) is 5.02. The number of nitrogens with zero attached hydrogens (tertiary/aromatic N) is 2. The summed E-state index contributed by atoms with van der Waals surface area (Å²) >= 11 is 6.10. The molecule has 6 heteroatoms. The largest absolute Gasteiger partial charge is 0.493 e. The van der Waals surface area contributed by atoms with E-state index in [9.17, 15) is 4.79 Å². The van der Waals surface area contributed by atoms with Gasteiger partial charge in [0.15, 0.2) is 18.1 Å². The summed E-state index contributed by atoms with van der Waals surface area (Å²) in [6.45, 7) is 3.64. The third-order valence-corrected chi connectivity index (χ3v) is 4.12. The van der Waals surface area contributed by atoms with Crippen LogP contribution in [0.2, 0.25) is 5.02 Å². The van der Waals surface area contributed by atoms with E-state index in [1.807, 2.05) is 11.0 Å². The molecule has 0 saturated carbocycles. The fourth-order valence-electron chi connectivity index (χ4n) is 2.41. The van der Waals surface area contributed by atoms with Gasteiger partial charge in [-0.3, -0.25) is 4.79 Å². The first kappa shape index (κ1) is 16.4. The molecule has 0 radical (unpaired) electrons. The van der Waals surface area contributed by atoms with Gasteiger partial charge >= 0.3 is 0 Å². The lowest BCUT2D eigenvalue weighted by atomic mass is 9.99. The number of nitriles is 1. The molecule has 0 N–H and O–H groups in total.